The molecule has 1 aromatic heterocycles. The molecule has 1 N–H and O–H groups in total. The third kappa shape index (κ3) is 3.88. The number of morpholine rings is 1. The highest BCUT2D eigenvalue weighted by Gasteiger charge is 2.33. The molecule has 0 saturated carbocycles. The minimum Gasteiger partial charge on any atom is -0.378 e. The van der Waals surface area contributed by atoms with E-state index in [2.05, 4.69) is 15.3 Å². The number of alkyl halides is 3. The van der Waals surface area contributed by atoms with Gasteiger partial charge in [-0.1, -0.05) is 11.6 Å². The van der Waals surface area contributed by atoms with Crippen molar-refractivity contribution in [2.45, 2.75) is 6.18 Å². The minimum atomic E-state index is -4.52. The fraction of sp³-hybridized carbons (Fsp3) is 0.333. The maximum Gasteiger partial charge on any atom is 0.417 e. The second kappa shape index (κ2) is 6.82. The van der Waals surface area contributed by atoms with Gasteiger partial charge < -0.3 is 15.0 Å². The SMILES string of the molecule is FC(F)(F)c1cc(Nc2nccc(N3CCOCC3)n2)ccc1Cl. The number of aromatic nitrogens is 2. The van der Waals surface area contributed by atoms with Gasteiger partial charge in [0.2, 0.25) is 5.95 Å². The molecule has 0 radical (unpaired) electrons. The van der Waals surface area contributed by atoms with Gasteiger partial charge in [0, 0.05) is 25.0 Å². The van der Waals surface area contributed by atoms with Crippen LogP contribution in [0, 0.1) is 0 Å². The fourth-order valence-corrected chi connectivity index (χ4v) is 2.55. The van der Waals surface area contributed by atoms with E-state index in [0.717, 1.165) is 6.07 Å². The lowest BCUT2D eigenvalue weighted by Gasteiger charge is -2.27. The van der Waals surface area contributed by atoms with Crippen molar-refractivity contribution in [1.82, 2.24) is 9.97 Å². The molecule has 0 amide bonds. The standard InChI is InChI=1S/C15H14ClF3N4O/c16-12-2-1-10(9-11(12)15(17,18)19)21-14-20-4-3-13(22-14)23-5-7-24-8-6-23/h1-4,9H,5-8H2,(H,20,21,22). The van der Waals surface area contributed by atoms with E-state index < -0.39 is 11.7 Å². The molecule has 2 aromatic rings. The number of halogens is 4. The normalized spacial score (nSPS) is 15.4. The predicted octanol–water partition coefficient (Wildman–Crippen LogP) is 3.73. The molecule has 0 aliphatic carbocycles. The van der Waals surface area contributed by atoms with Crippen LogP contribution >= 0.6 is 11.6 Å². The van der Waals surface area contributed by atoms with E-state index in [-0.39, 0.29) is 16.7 Å². The van der Waals surface area contributed by atoms with Crippen LogP contribution < -0.4 is 10.2 Å². The van der Waals surface area contributed by atoms with Gasteiger partial charge in [0.25, 0.3) is 0 Å². The van der Waals surface area contributed by atoms with E-state index in [9.17, 15) is 13.2 Å². The van der Waals surface area contributed by atoms with Gasteiger partial charge in [-0.25, -0.2) is 4.98 Å². The lowest BCUT2D eigenvalue weighted by Crippen LogP contribution is -2.36. The maximum absolute atomic E-state index is 12.9. The van der Waals surface area contributed by atoms with E-state index in [4.69, 9.17) is 16.3 Å². The molecule has 2 heterocycles. The largest absolute Gasteiger partial charge is 0.417 e. The Morgan fingerprint density at radius 1 is 1.17 bits per heavy atom. The number of hydrogen-bond donors (Lipinski definition) is 1. The van der Waals surface area contributed by atoms with Crippen molar-refractivity contribution in [3.05, 3.63) is 41.0 Å². The number of benzene rings is 1. The topological polar surface area (TPSA) is 50.3 Å². The number of anilines is 3. The van der Waals surface area contributed by atoms with Crippen molar-refractivity contribution in [3.63, 3.8) is 0 Å². The summed E-state index contributed by atoms with van der Waals surface area (Å²) in [4.78, 5) is 10.4. The highest BCUT2D eigenvalue weighted by atomic mass is 35.5. The second-order valence-corrected chi connectivity index (χ2v) is 5.56. The summed E-state index contributed by atoms with van der Waals surface area (Å²) in [5.41, 5.74) is -0.690. The molecule has 128 valence electrons. The lowest BCUT2D eigenvalue weighted by atomic mass is 10.2. The molecule has 9 heteroatoms. The Hall–Kier alpha value is -2.06. The van der Waals surface area contributed by atoms with Gasteiger partial charge >= 0.3 is 6.18 Å². The van der Waals surface area contributed by atoms with Crippen LogP contribution in [-0.4, -0.2) is 36.3 Å². The third-order valence-corrected chi connectivity index (χ3v) is 3.83. The van der Waals surface area contributed by atoms with Crippen molar-refractivity contribution in [3.8, 4) is 0 Å². The molecule has 24 heavy (non-hydrogen) atoms. The number of nitrogens with zero attached hydrogens (tertiary/aromatic N) is 3. The zero-order chi connectivity index (χ0) is 17.2. The number of ether oxygens (including phenoxy) is 1. The average molecular weight is 359 g/mol. The third-order valence-electron chi connectivity index (χ3n) is 3.50. The van der Waals surface area contributed by atoms with Gasteiger partial charge in [-0.2, -0.15) is 18.2 Å². The molecule has 1 aromatic carbocycles. The molecule has 1 saturated heterocycles. The lowest BCUT2D eigenvalue weighted by molar-refractivity contribution is -0.137. The summed E-state index contributed by atoms with van der Waals surface area (Å²) >= 11 is 5.61. The van der Waals surface area contributed by atoms with Crippen molar-refractivity contribution in [1.29, 1.82) is 0 Å². The molecule has 0 unspecified atom stereocenters. The quantitative estimate of drug-likeness (QED) is 0.906. The molecular formula is C15H14ClF3N4O. The Morgan fingerprint density at radius 3 is 2.62 bits per heavy atom. The first-order chi connectivity index (χ1) is 11.4. The summed E-state index contributed by atoms with van der Waals surface area (Å²) in [5, 5.41) is 2.43. The van der Waals surface area contributed by atoms with E-state index in [1.54, 1.807) is 12.3 Å². The first kappa shape index (κ1) is 16.8. The summed E-state index contributed by atoms with van der Waals surface area (Å²) in [5.74, 6) is 0.912. The summed E-state index contributed by atoms with van der Waals surface area (Å²) in [6.07, 6.45) is -2.97. The van der Waals surface area contributed by atoms with Gasteiger partial charge in [-0.3, -0.25) is 0 Å². The molecule has 0 atom stereocenters. The molecule has 1 aliphatic rings. The van der Waals surface area contributed by atoms with Crippen molar-refractivity contribution in [2.24, 2.45) is 0 Å². The van der Waals surface area contributed by atoms with Gasteiger partial charge in [-0.05, 0) is 24.3 Å². The highest BCUT2D eigenvalue weighted by Crippen LogP contribution is 2.36. The van der Waals surface area contributed by atoms with Crippen molar-refractivity contribution < 1.29 is 17.9 Å². The van der Waals surface area contributed by atoms with E-state index >= 15 is 0 Å². The van der Waals surface area contributed by atoms with E-state index in [1.165, 1.54) is 12.1 Å². The molecule has 1 aliphatic heterocycles. The second-order valence-electron chi connectivity index (χ2n) is 5.16. The van der Waals surface area contributed by atoms with Gasteiger partial charge in [0.15, 0.2) is 0 Å². The van der Waals surface area contributed by atoms with Gasteiger partial charge in [0.1, 0.15) is 5.82 Å². The summed E-state index contributed by atoms with van der Waals surface area (Å²) < 4.78 is 44.0. The molecular weight excluding hydrogens is 345 g/mol. The van der Waals surface area contributed by atoms with Crippen molar-refractivity contribution >= 4 is 29.1 Å². The Balaban J connectivity index is 1.81. The fourth-order valence-electron chi connectivity index (χ4n) is 2.33. The Morgan fingerprint density at radius 2 is 1.92 bits per heavy atom. The minimum absolute atomic E-state index is 0.214. The van der Waals surface area contributed by atoms with Crippen LogP contribution in [0.3, 0.4) is 0 Å². The van der Waals surface area contributed by atoms with Crippen LogP contribution in [-0.2, 0) is 10.9 Å². The van der Waals surface area contributed by atoms with Crippen molar-refractivity contribution in [2.75, 3.05) is 36.5 Å². The average Bonchev–Trinajstić information content (AvgIpc) is 2.57. The van der Waals surface area contributed by atoms with Crippen LogP contribution in [0.25, 0.3) is 0 Å². The van der Waals surface area contributed by atoms with E-state index in [0.29, 0.717) is 32.1 Å². The Bertz CT molecular complexity index is 720. The van der Waals surface area contributed by atoms with Crippen LogP contribution in [0.4, 0.5) is 30.6 Å². The highest BCUT2D eigenvalue weighted by molar-refractivity contribution is 6.31. The smallest absolute Gasteiger partial charge is 0.378 e. The molecule has 5 nitrogen and oxygen atoms in total. The van der Waals surface area contributed by atoms with Gasteiger partial charge in [0.05, 0.1) is 23.8 Å². The maximum atomic E-state index is 12.9. The van der Waals surface area contributed by atoms with Crippen LogP contribution in [0.1, 0.15) is 5.56 Å². The van der Waals surface area contributed by atoms with Crippen LogP contribution in [0.15, 0.2) is 30.5 Å². The number of hydrogen-bond acceptors (Lipinski definition) is 5. The monoisotopic (exact) mass is 358 g/mol. The first-order valence-corrected chi connectivity index (χ1v) is 7.61. The summed E-state index contributed by atoms with van der Waals surface area (Å²) in [6.45, 7) is 2.63. The summed E-state index contributed by atoms with van der Waals surface area (Å²) in [6, 6.07) is 5.33. The molecule has 3 rings (SSSR count). The van der Waals surface area contributed by atoms with E-state index in [1.807, 2.05) is 4.90 Å². The van der Waals surface area contributed by atoms with Crippen LogP contribution in [0.2, 0.25) is 5.02 Å². The number of rotatable bonds is 3. The predicted molar refractivity (Wildman–Crippen MR) is 84.8 cm³/mol. The first-order valence-electron chi connectivity index (χ1n) is 7.23. The van der Waals surface area contributed by atoms with Crippen LogP contribution in [0.5, 0.6) is 0 Å². The molecule has 0 spiro atoms. The number of nitrogens with one attached hydrogen (secondary N) is 1. The van der Waals surface area contributed by atoms with Gasteiger partial charge in [-0.15, -0.1) is 0 Å². The zero-order valence-electron chi connectivity index (χ0n) is 12.5. The summed E-state index contributed by atoms with van der Waals surface area (Å²) in [7, 11) is 0. The zero-order valence-corrected chi connectivity index (χ0v) is 13.2. The molecule has 1 fully saturated rings. The Labute approximate surface area is 141 Å². The Kier molecular flexibility index (Phi) is 4.77. The molecule has 0 bridgehead atoms.